The Kier molecular flexibility index (Phi) is 10.8. The lowest BCUT2D eigenvalue weighted by atomic mass is 10.1. The van der Waals surface area contributed by atoms with Crippen molar-refractivity contribution in [2.75, 3.05) is 19.8 Å². The van der Waals surface area contributed by atoms with Crippen LogP contribution >= 0.6 is 0 Å². The molecule has 0 spiro atoms. The van der Waals surface area contributed by atoms with E-state index in [1.807, 2.05) is 0 Å². The van der Waals surface area contributed by atoms with Crippen LogP contribution in [0.25, 0.3) is 0 Å². The molecule has 1 rings (SSSR count). The Balaban J connectivity index is 2.62. The number of ether oxygens (including phenoxy) is 3. The summed E-state index contributed by atoms with van der Waals surface area (Å²) < 4.78 is 15.9. The lowest BCUT2D eigenvalue weighted by Gasteiger charge is -2.21. The predicted molar refractivity (Wildman–Crippen MR) is 102 cm³/mol. The normalized spacial score (nSPS) is 19.5. The quantitative estimate of drug-likeness (QED) is 0.238. The molecular formula is C20H36O8. The first-order valence-corrected chi connectivity index (χ1v) is 10.1. The van der Waals surface area contributed by atoms with Crippen LogP contribution < -0.4 is 0 Å². The topological polar surface area (TPSA) is 126 Å². The molecule has 164 valence electrons. The van der Waals surface area contributed by atoms with E-state index in [9.17, 15) is 25.2 Å². The van der Waals surface area contributed by atoms with Crippen LogP contribution in [0.4, 0.5) is 0 Å². The molecule has 0 saturated carbocycles. The molecule has 0 aliphatic carbocycles. The predicted octanol–water partition coefficient (Wildman–Crippen LogP) is 1.39. The highest BCUT2D eigenvalue weighted by atomic mass is 16.6. The molecule has 8 nitrogen and oxygen atoms in total. The number of hydrogen-bond donors (Lipinski definition) is 4. The van der Waals surface area contributed by atoms with Gasteiger partial charge in [-0.25, -0.2) is 4.79 Å². The standard InChI is InChI=1S/C20H36O8/c1-4-5-6-7-8-9-10-14(22)12-26-17-16(15(23)11-21)28-19(24)18(17)27-13-20(2,3)25/h14-16,21-23,25H,4-13H2,1-3H3/t14?,15-,16+/m0/s1. The number of cyclic esters (lactones) is 1. The molecule has 0 amide bonds. The van der Waals surface area contributed by atoms with Crippen molar-refractivity contribution in [1.82, 2.24) is 0 Å². The summed E-state index contributed by atoms with van der Waals surface area (Å²) in [6, 6.07) is 0. The minimum atomic E-state index is -1.38. The number of unbranched alkanes of at least 4 members (excludes halogenated alkanes) is 5. The molecule has 0 radical (unpaired) electrons. The first-order valence-electron chi connectivity index (χ1n) is 10.1. The van der Waals surface area contributed by atoms with Crippen molar-refractivity contribution in [2.24, 2.45) is 0 Å². The third kappa shape index (κ3) is 8.77. The molecule has 0 aromatic carbocycles. The monoisotopic (exact) mass is 404 g/mol. The molecule has 28 heavy (non-hydrogen) atoms. The summed E-state index contributed by atoms with van der Waals surface area (Å²) in [4.78, 5) is 12.1. The Hall–Kier alpha value is -1.35. The highest BCUT2D eigenvalue weighted by molar-refractivity contribution is 5.89. The zero-order chi connectivity index (χ0) is 21.2. The minimum Gasteiger partial charge on any atom is -0.487 e. The number of esters is 1. The number of hydrogen-bond acceptors (Lipinski definition) is 8. The lowest BCUT2D eigenvalue weighted by molar-refractivity contribution is -0.149. The van der Waals surface area contributed by atoms with Crippen molar-refractivity contribution in [1.29, 1.82) is 0 Å². The second kappa shape index (κ2) is 12.3. The molecule has 0 aromatic rings. The van der Waals surface area contributed by atoms with Gasteiger partial charge in [0.15, 0.2) is 11.9 Å². The average Bonchev–Trinajstić information content (AvgIpc) is 2.95. The van der Waals surface area contributed by atoms with Crippen LogP contribution in [-0.4, -0.2) is 70.1 Å². The highest BCUT2D eigenvalue weighted by Crippen LogP contribution is 2.28. The van der Waals surface area contributed by atoms with Crippen molar-refractivity contribution in [3.05, 3.63) is 11.5 Å². The molecule has 4 N–H and O–H groups in total. The van der Waals surface area contributed by atoms with Gasteiger partial charge in [-0.2, -0.15) is 0 Å². The smallest absolute Gasteiger partial charge is 0.378 e. The molecule has 0 fully saturated rings. The molecule has 1 aliphatic heterocycles. The maximum Gasteiger partial charge on any atom is 0.378 e. The summed E-state index contributed by atoms with van der Waals surface area (Å²) in [7, 11) is 0. The van der Waals surface area contributed by atoms with Crippen molar-refractivity contribution in [3.8, 4) is 0 Å². The Morgan fingerprint density at radius 1 is 1.11 bits per heavy atom. The zero-order valence-electron chi connectivity index (χ0n) is 17.2. The number of aliphatic hydroxyl groups excluding tert-OH is 3. The Morgan fingerprint density at radius 3 is 2.36 bits per heavy atom. The molecule has 1 aliphatic rings. The summed E-state index contributed by atoms with van der Waals surface area (Å²) in [6.45, 7) is 4.27. The van der Waals surface area contributed by atoms with Gasteiger partial charge in [0.05, 0.1) is 18.3 Å². The van der Waals surface area contributed by atoms with Gasteiger partial charge < -0.3 is 34.6 Å². The third-order valence-corrected chi connectivity index (χ3v) is 4.33. The van der Waals surface area contributed by atoms with E-state index in [1.165, 1.54) is 33.1 Å². The lowest BCUT2D eigenvalue weighted by Crippen LogP contribution is -2.33. The number of carbonyl (C=O) groups excluding carboxylic acids is 1. The van der Waals surface area contributed by atoms with Crippen LogP contribution in [0.3, 0.4) is 0 Å². The van der Waals surface area contributed by atoms with Gasteiger partial charge in [0.25, 0.3) is 0 Å². The first kappa shape index (κ1) is 24.7. The van der Waals surface area contributed by atoms with E-state index in [4.69, 9.17) is 14.2 Å². The average molecular weight is 405 g/mol. The van der Waals surface area contributed by atoms with Gasteiger partial charge in [0.1, 0.15) is 19.3 Å². The second-order valence-corrected chi connectivity index (χ2v) is 7.89. The Labute approximate surface area is 167 Å². The van der Waals surface area contributed by atoms with Crippen LogP contribution in [-0.2, 0) is 19.0 Å². The minimum absolute atomic E-state index is 0.0715. The van der Waals surface area contributed by atoms with Crippen molar-refractivity contribution >= 4 is 5.97 Å². The molecule has 0 saturated heterocycles. The van der Waals surface area contributed by atoms with Crippen LogP contribution in [0.15, 0.2) is 11.5 Å². The first-order chi connectivity index (χ1) is 13.2. The van der Waals surface area contributed by atoms with Crippen molar-refractivity contribution in [3.63, 3.8) is 0 Å². The van der Waals surface area contributed by atoms with Crippen LogP contribution in [0.1, 0.15) is 65.7 Å². The third-order valence-electron chi connectivity index (χ3n) is 4.33. The molecule has 0 aromatic heterocycles. The molecular weight excluding hydrogens is 368 g/mol. The maximum atomic E-state index is 12.1. The van der Waals surface area contributed by atoms with E-state index in [0.29, 0.717) is 6.42 Å². The largest absolute Gasteiger partial charge is 0.487 e. The van der Waals surface area contributed by atoms with E-state index in [2.05, 4.69) is 6.92 Å². The molecule has 1 heterocycles. The van der Waals surface area contributed by atoms with Gasteiger partial charge in [0.2, 0.25) is 5.76 Å². The van der Waals surface area contributed by atoms with Crippen LogP contribution in [0, 0.1) is 0 Å². The number of carbonyl (C=O) groups is 1. The van der Waals surface area contributed by atoms with E-state index in [-0.39, 0.29) is 24.7 Å². The van der Waals surface area contributed by atoms with Gasteiger partial charge >= 0.3 is 5.97 Å². The summed E-state index contributed by atoms with van der Waals surface area (Å²) in [5.41, 5.74) is -1.19. The highest BCUT2D eigenvalue weighted by Gasteiger charge is 2.42. The number of aliphatic hydroxyl groups is 4. The van der Waals surface area contributed by atoms with E-state index < -0.39 is 36.5 Å². The van der Waals surface area contributed by atoms with E-state index >= 15 is 0 Å². The van der Waals surface area contributed by atoms with Gasteiger partial charge in [-0.15, -0.1) is 0 Å². The summed E-state index contributed by atoms with van der Waals surface area (Å²) in [6.07, 6.45) is 3.86. The van der Waals surface area contributed by atoms with Crippen molar-refractivity contribution < 1.29 is 39.4 Å². The second-order valence-electron chi connectivity index (χ2n) is 7.89. The van der Waals surface area contributed by atoms with E-state index in [0.717, 1.165) is 19.3 Å². The fourth-order valence-electron chi connectivity index (χ4n) is 2.76. The molecule has 3 atom stereocenters. The fraction of sp³-hybridized carbons (Fsp3) is 0.850. The summed E-state index contributed by atoms with van der Waals surface area (Å²) in [5, 5.41) is 39.0. The molecule has 1 unspecified atom stereocenters. The fourth-order valence-corrected chi connectivity index (χ4v) is 2.76. The van der Waals surface area contributed by atoms with Gasteiger partial charge in [-0.05, 0) is 20.3 Å². The number of rotatable bonds is 15. The molecule has 0 bridgehead atoms. The van der Waals surface area contributed by atoms with Crippen LogP contribution in [0.5, 0.6) is 0 Å². The summed E-state index contributed by atoms with van der Waals surface area (Å²) in [5.74, 6) is -1.17. The summed E-state index contributed by atoms with van der Waals surface area (Å²) >= 11 is 0. The molecule has 8 heteroatoms. The van der Waals surface area contributed by atoms with E-state index in [1.54, 1.807) is 0 Å². The Bertz CT molecular complexity index is 497. The SMILES string of the molecule is CCCCCCCCC(O)COC1=C(OCC(C)(C)O)C(=O)O[C@@H]1[C@@H](O)CO. The Morgan fingerprint density at radius 2 is 1.75 bits per heavy atom. The van der Waals surface area contributed by atoms with Gasteiger partial charge in [-0.1, -0.05) is 45.4 Å². The van der Waals surface area contributed by atoms with Gasteiger partial charge in [0, 0.05) is 0 Å². The van der Waals surface area contributed by atoms with Crippen molar-refractivity contribution in [2.45, 2.75) is 89.6 Å². The van der Waals surface area contributed by atoms with Gasteiger partial charge in [-0.3, -0.25) is 0 Å². The zero-order valence-corrected chi connectivity index (χ0v) is 17.2. The van der Waals surface area contributed by atoms with Crippen LogP contribution in [0.2, 0.25) is 0 Å². The maximum absolute atomic E-state index is 12.1.